The van der Waals surface area contributed by atoms with E-state index in [0.717, 1.165) is 0 Å². The summed E-state index contributed by atoms with van der Waals surface area (Å²) in [4.78, 5) is 12.1. The number of benzene rings is 1. The Morgan fingerprint density at radius 1 is 1.32 bits per heavy atom. The highest BCUT2D eigenvalue weighted by molar-refractivity contribution is 7.89. The van der Waals surface area contributed by atoms with Gasteiger partial charge in [-0.1, -0.05) is 12.1 Å². The summed E-state index contributed by atoms with van der Waals surface area (Å²) >= 11 is 0. The molecular formula is C14H21N3O4S. The zero-order chi connectivity index (χ0) is 16.0. The van der Waals surface area contributed by atoms with Crippen molar-refractivity contribution in [1.29, 1.82) is 0 Å². The van der Waals surface area contributed by atoms with E-state index in [2.05, 4.69) is 10.6 Å². The summed E-state index contributed by atoms with van der Waals surface area (Å²) in [5.74, 6) is 0.0198. The molecule has 1 saturated heterocycles. The van der Waals surface area contributed by atoms with Crippen LogP contribution in [-0.4, -0.2) is 64.2 Å². The number of amides is 1. The number of hydrogen-bond acceptors (Lipinski definition) is 5. The van der Waals surface area contributed by atoms with Crippen molar-refractivity contribution in [2.75, 3.05) is 45.6 Å². The van der Waals surface area contributed by atoms with E-state index in [4.69, 9.17) is 4.74 Å². The molecule has 0 unspecified atom stereocenters. The molecule has 0 bridgehead atoms. The minimum atomic E-state index is -3.33. The first-order valence-corrected chi connectivity index (χ1v) is 8.75. The number of nitrogens with one attached hydrogen (secondary N) is 2. The van der Waals surface area contributed by atoms with Crippen LogP contribution in [0.5, 0.6) is 5.75 Å². The van der Waals surface area contributed by atoms with E-state index in [1.165, 1.54) is 11.4 Å². The van der Waals surface area contributed by atoms with Crippen molar-refractivity contribution in [2.45, 2.75) is 0 Å². The number of carbonyl (C=O) groups is 1. The number of rotatable bonds is 6. The molecule has 1 aliphatic rings. The molecule has 1 heterocycles. The second-order valence-electron chi connectivity index (χ2n) is 4.92. The molecule has 0 aliphatic carbocycles. The fraction of sp³-hybridized carbons (Fsp3) is 0.500. The van der Waals surface area contributed by atoms with Crippen LogP contribution in [0.1, 0.15) is 10.4 Å². The van der Waals surface area contributed by atoms with Gasteiger partial charge in [0.15, 0.2) is 0 Å². The Morgan fingerprint density at radius 2 is 2.00 bits per heavy atom. The zero-order valence-electron chi connectivity index (χ0n) is 12.5. The summed E-state index contributed by atoms with van der Waals surface area (Å²) in [6, 6.07) is 6.82. The Morgan fingerprint density at radius 3 is 2.68 bits per heavy atom. The summed E-state index contributed by atoms with van der Waals surface area (Å²) in [5.41, 5.74) is 0.393. The summed E-state index contributed by atoms with van der Waals surface area (Å²) in [6.07, 6.45) is 0. The third-order valence-electron chi connectivity index (χ3n) is 3.47. The largest absolute Gasteiger partial charge is 0.496 e. The minimum Gasteiger partial charge on any atom is -0.496 e. The first kappa shape index (κ1) is 16.7. The van der Waals surface area contributed by atoms with E-state index < -0.39 is 10.0 Å². The Labute approximate surface area is 130 Å². The topological polar surface area (TPSA) is 87.7 Å². The van der Waals surface area contributed by atoms with Gasteiger partial charge in [0.25, 0.3) is 5.91 Å². The molecule has 0 saturated carbocycles. The molecule has 2 rings (SSSR count). The number of carbonyl (C=O) groups excluding carboxylic acids is 1. The van der Waals surface area contributed by atoms with Crippen molar-refractivity contribution in [1.82, 2.24) is 14.9 Å². The fourth-order valence-electron chi connectivity index (χ4n) is 2.27. The number of ether oxygens (including phenoxy) is 1. The van der Waals surface area contributed by atoms with Crippen LogP contribution in [0, 0.1) is 0 Å². The van der Waals surface area contributed by atoms with Crippen LogP contribution in [0.15, 0.2) is 24.3 Å². The predicted octanol–water partition coefficient (Wildman–Crippen LogP) is -0.340. The van der Waals surface area contributed by atoms with Crippen LogP contribution >= 0.6 is 0 Å². The highest BCUT2D eigenvalue weighted by Crippen LogP contribution is 2.16. The van der Waals surface area contributed by atoms with Crippen LogP contribution in [-0.2, 0) is 10.0 Å². The first-order chi connectivity index (χ1) is 10.5. The first-order valence-electron chi connectivity index (χ1n) is 7.14. The smallest absolute Gasteiger partial charge is 0.255 e. The molecule has 1 aliphatic heterocycles. The molecule has 0 aromatic heterocycles. The van der Waals surface area contributed by atoms with Gasteiger partial charge in [-0.25, -0.2) is 8.42 Å². The standard InChI is InChI=1S/C14H21N3O4S/c1-21-13-5-3-2-4-12(13)14(18)16-8-11-22(19,20)17-9-6-15-7-10-17/h2-5,15H,6-11H2,1H3,(H,16,18). The van der Waals surface area contributed by atoms with E-state index in [0.29, 0.717) is 37.5 Å². The van der Waals surface area contributed by atoms with Crippen molar-refractivity contribution >= 4 is 15.9 Å². The molecule has 8 heteroatoms. The van der Waals surface area contributed by atoms with E-state index >= 15 is 0 Å². The molecule has 122 valence electrons. The van der Waals surface area contributed by atoms with Crippen molar-refractivity contribution < 1.29 is 17.9 Å². The van der Waals surface area contributed by atoms with Gasteiger partial charge in [0.1, 0.15) is 5.75 Å². The van der Waals surface area contributed by atoms with E-state index in [1.54, 1.807) is 24.3 Å². The van der Waals surface area contributed by atoms with Crippen molar-refractivity contribution in [2.24, 2.45) is 0 Å². The summed E-state index contributed by atoms with van der Waals surface area (Å²) in [7, 11) is -1.84. The van der Waals surface area contributed by atoms with Gasteiger partial charge in [-0.2, -0.15) is 4.31 Å². The number of sulfonamides is 1. The van der Waals surface area contributed by atoms with Crippen LogP contribution in [0.3, 0.4) is 0 Å². The lowest BCUT2D eigenvalue weighted by Crippen LogP contribution is -2.48. The molecule has 7 nitrogen and oxygen atoms in total. The maximum atomic E-state index is 12.1. The normalized spacial score (nSPS) is 16.2. The molecule has 1 fully saturated rings. The Balaban J connectivity index is 1.88. The highest BCUT2D eigenvalue weighted by atomic mass is 32.2. The quantitative estimate of drug-likeness (QED) is 0.746. The highest BCUT2D eigenvalue weighted by Gasteiger charge is 2.23. The SMILES string of the molecule is COc1ccccc1C(=O)NCCS(=O)(=O)N1CCNCC1. The minimum absolute atomic E-state index is 0.0726. The van der Waals surface area contributed by atoms with Gasteiger partial charge in [0.2, 0.25) is 10.0 Å². The summed E-state index contributed by atoms with van der Waals surface area (Å²) < 4.78 is 30.9. The molecule has 1 aromatic rings. The predicted molar refractivity (Wildman–Crippen MR) is 83.6 cm³/mol. The van der Waals surface area contributed by atoms with E-state index in [9.17, 15) is 13.2 Å². The average molecular weight is 327 g/mol. The zero-order valence-corrected chi connectivity index (χ0v) is 13.4. The maximum absolute atomic E-state index is 12.1. The summed E-state index contributed by atoms with van der Waals surface area (Å²) in [6.45, 7) is 2.34. The molecule has 0 spiro atoms. The van der Waals surface area contributed by atoms with Gasteiger partial charge < -0.3 is 15.4 Å². The molecule has 1 aromatic carbocycles. The van der Waals surface area contributed by atoms with Gasteiger partial charge in [-0.15, -0.1) is 0 Å². The van der Waals surface area contributed by atoms with E-state index in [1.807, 2.05) is 0 Å². The number of para-hydroxylation sites is 1. The third-order valence-corrected chi connectivity index (χ3v) is 5.34. The fourth-order valence-corrected chi connectivity index (χ4v) is 3.63. The van der Waals surface area contributed by atoms with Gasteiger partial charge in [0.05, 0.1) is 18.4 Å². The number of piperazine rings is 1. The van der Waals surface area contributed by atoms with Gasteiger partial charge >= 0.3 is 0 Å². The Kier molecular flexibility index (Phi) is 5.76. The lowest BCUT2D eigenvalue weighted by molar-refractivity contribution is 0.0953. The van der Waals surface area contributed by atoms with Crippen molar-refractivity contribution in [3.05, 3.63) is 29.8 Å². The molecule has 2 N–H and O–H groups in total. The van der Waals surface area contributed by atoms with Crippen molar-refractivity contribution in [3.63, 3.8) is 0 Å². The number of hydrogen-bond donors (Lipinski definition) is 2. The third kappa shape index (κ3) is 4.19. The molecule has 22 heavy (non-hydrogen) atoms. The number of nitrogens with zero attached hydrogens (tertiary/aromatic N) is 1. The average Bonchev–Trinajstić information content (AvgIpc) is 2.55. The van der Waals surface area contributed by atoms with Crippen LogP contribution in [0.25, 0.3) is 0 Å². The van der Waals surface area contributed by atoms with Crippen LogP contribution in [0.4, 0.5) is 0 Å². The van der Waals surface area contributed by atoms with Crippen molar-refractivity contribution in [3.8, 4) is 5.75 Å². The second-order valence-corrected chi connectivity index (χ2v) is 7.01. The Hall–Kier alpha value is -1.64. The second kappa shape index (κ2) is 7.57. The van der Waals surface area contributed by atoms with Gasteiger partial charge in [0, 0.05) is 32.7 Å². The lowest BCUT2D eigenvalue weighted by Gasteiger charge is -2.26. The lowest BCUT2D eigenvalue weighted by atomic mass is 10.2. The molecular weight excluding hydrogens is 306 g/mol. The molecule has 0 radical (unpaired) electrons. The Bertz CT molecular complexity index is 612. The van der Waals surface area contributed by atoms with Gasteiger partial charge in [-0.05, 0) is 12.1 Å². The van der Waals surface area contributed by atoms with Gasteiger partial charge in [-0.3, -0.25) is 4.79 Å². The summed E-state index contributed by atoms with van der Waals surface area (Å²) in [5, 5.41) is 5.73. The van der Waals surface area contributed by atoms with Crippen LogP contribution < -0.4 is 15.4 Å². The molecule has 0 atom stereocenters. The molecule has 1 amide bonds. The number of methoxy groups -OCH3 is 1. The maximum Gasteiger partial charge on any atom is 0.255 e. The monoisotopic (exact) mass is 327 g/mol. The van der Waals surface area contributed by atoms with E-state index in [-0.39, 0.29) is 18.2 Å². The van der Waals surface area contributed by atoms with Crippen LogP contribution in [0.2, 0.25) is 0 Å².